The Morgan fingerprint density at radius 1 is 1.41 bits per heavy atom. The van der Waals surface area contributed by atoms with Gasteiger partial charge in [-0.15, -0.1) is 24.0 Å². The van der Waals surface area contributed by atoms with Crippen molar-refractivity contribution in [3.8, 4) is 5.75 Å². The van der Waals surface area contributed by atoms with E-state index >= 15 is 0 Å². The van der Waals surface area contributed by atoms with Gasteiger partial charge in [-0.3, -0.25) is 4.90 Å². The quantitative estimate of drug-likeness (QED) is 0.586. The van der Waals surface area contributed by atoms with E-state index in [0.717, 1.165) is 18.8 Å². The van der Waals surface area contributed by atoms with Crippen LogP contribution < -0.4 is 4.74 Å². The molecule has 0 amide bonds. The van der Waals surface area contributed by atoms with Gasteiger partial charge in [0, 0.05) is 25.4 Å². The van der Waals surface area contributed by atoms with Crippen LogP contribution in [0, 0.1) is 5.92 Å². The fraction of sp³-hybridized carbons (Fsp3) is 0.647. The minimum atomic E-state index is -2.46. The van der Waals surface area contributed by atoms with Crippen LogP contribution in [-0.4, -0.2) is 31.0 Å². The molecule has 1 aliphatic carbocycles. The lowest BCUT2D eigenvalue weighted by molar-refractivity contribution is 0.00285. The third-order valence-electron chi connectivity index (χ3n) is 4.53. The molecule has 2 unspecified atom stereocenters. The van der Waals surface area contributed by atoms with E-state index in [-0.39, 0.29) is 48.8 Å². The molecule has 0 spiro atoms. The number of hydrogen-bond acceptors (Lipinski definition) is 2. The van der Waals surface area contributed by atoms with Gasteiger partial charge in [0.1, 0.15) is 5.75 Å². The number of hydrogen-bond donors (Lipinski definition) is 0. The molecule has 0 bridgehead atoms. The Morgan fingerprint density at radius 2 is 2.14 bits per heavy atom. The first-order valence-corrected chi connectivity index (χ1v) is 7.71. The van der Waals surface area contributed by atoms with Crippen LogP contribution in [0.4, 0.5) is 8.78 Å². The van der Waals surface area contributed by atoms with Crippen LogP contribution in [0.25, 0.3) is 0 Å². The summed E-state index contributed by atoms with van der Waals surface area (Å²) in [4.78, 5) is 2.28. The van der Waals surface area contributed by atoms with Crippen LogP contribution in [0.5, 0.6) is 5.75 Å². The number of alkyl halides is 2. The first-order valence-electron chi connectivity index (χ1n) is 7.71. The molecule has 22 heavy (non-hydrogen) atoms. The molecule has 0 aromatic heterocycles. The lowest BCUT2D eigenvalue weighted by atomic mass is 10.0. The molecule has 1 aromatic rings. The maximum Gasteiger partial charge on any atom is 0.248 e. The second kappa shape index (κ2) is 8.43. The van der Waals surface area contributed by atoms with Crippen LogP contribution >= 0.6 is 24.0 Å². The van der Waals surface area contributed by atoms with E-state index in [1.807, 2.05) is 18.2 Å². The van der Waals surface area contributed by atoms with Crippen LogP contribution in [0.2, 0.25) is 0 Å². The van der Waals surface area contributed by atoms with E-state index in [4.69, 9.17) is 4.74 Å². The smallest absolute Gasteiger partial charge is 0.248 e. The Balaban J connectivity index is 0.00000242. The molecule has 1 aliphatic rings. The van der Waals surface area contributed by atoms with Gasteiger partial charge in [-0.25, -0.2) is 8.78 Å². The summed E-state index contributed by atoms with van der Waals surface area (Å²) < 4.78 is 31.9. The zero-order valence-corrected chi connectivity index (χ0v) is 15.8. The van der Waals surface area contributed by atoms with Crippen molar-refractivity contribution < 1.29 is 13.5 Å². The highest BCUT2D eigenvalue weighted by atomic mass is 127. The molecule has 2 nitrogen and oxygen atoms in total. The first kappa shape index (κ1) is 19.6. The molecule has 2 atom stereocenters. The van der Waals surface area contributed by atoms with Crippen molar-refractivity contribution in [2.45, 2.75) is 45.1 Å². The number of benzene rings is 1. The topological polar surface area (TPSA) is 12.5 Å². The van der Waals surface area contributed by atoms with Gasteiger partial charge in [0.05, 0.1) is 7.11 Å². The summed E-state index contributed by atoms with van der Waals surface area (Å²) in [5.41, 5.74) is 1.17. The Labute approximate surface area is 149 Å². The maximum absolute atomic E-state index is 13.3. The van der Waals surface area contributed by atoms with E-state index in [1.165, 1.54) is 5.56 Å². The highest BCUT2D eigenvalue weighted by Crippen LogP contribution is 2.40. The summed E-state index contributed by atoms with van der Waals surface area (Å²) >= 11 is 0. The SMILES string of the molecule is CCN(CC1CCC(F)(F)C1)C(C)c1cccc(OC)c1.I. The van der Waals surface area contributed by atoms with Gasteiger partial charge in [0.25, 0.3) is 0 Å². The number of methoxy groups -OCH3 is 1. The van der Waals surface area contributed by atoms with Crippen molar-refractivity contribution >= 4 is 24.0 Å². The molecule has 1 aromatic carbocycles. The summed E-state index contributed by atoms with van der Waals surface area (Å²) in [5.74, 6) is -1.51. The summed E-state index contributed by atoms with van der Waals surface area (Å²) in [6.07, 6.45) is 0.714. The zero-order chi connectivity index (χ0) is 15.5. The second-order valence-corrected chi connectivity index (χ2v) is 6.00. The van der Waals surface area contributed by atoms with Crippen molar-refractivity contribution in [2.24, 2.45) is 5.92 Å². The largest absolute Gasteiger partial charge is 0.497 e. The molecule has 0 heterocycles. The maximum atomic E-state index is 13.3. The van der Waals surface area contributed by atoms with Gasteiger partial charge in [0.15, 0.2) is 0 Å². The predicted molar refractivity (Wildman–Crippen MR) is 96.4 cm³/mol. The number of nitrogens with zero attached hydrogens (tertiary/aromatic N) is 1. The molecule has 1 fully saturated rings. The highest BCUT2D eigenvalue weighted by molar-refractivity contribution is 14.0. The fourth-order valence-corrected chi connectivity index (χ4v) is 3.20. The minimum absolute atomic E-state index is 0. The Kier molecular flexibility index (Phi) is 7.52. The number of ether oxygens (including phenoxy) is 1. The van der Waals surface area contributed by atoms with E-state index < -0.39 is 5.92 Å². The Bertz CT molecular complexity index is 470. The van der Waals surface area contributed by atoms with Crippen molar-refractivity contribution in [3.05, 3.63) is 29.8 Å². The lowest BCUT2D eigenvalue weighted by Gasteiger charge is -2.30. The Morgan fingerprint density at radius 3 is 2.68 bits per heavy atom. The fourth-order valence-electron chi connectivity index (χ4n) is 3.20. The highest BCUT2D eigenvalue weighted by Gasteiger charge is 2.40. The van der Waals surface area contributed by atoms with E-state index in [0.29, 0.717) is 6.42 Å². The molecule has 1 saturated carbocycles. The van der Waals surface area contributed by atoms with Crippen molar-refractivity contribution in [3.63, 3.8) is 0 Å². The van der Waals surface area contributed by atoms with Gasteiger partial charge in [-0.2, -0.15) is 0 Å². The standard InChI is InChI=1S/C17H25F2NO.HI/c1-4-20(12-14-8-9-17(18,19)11-14)13(2)15-6-5-7-16(10-15)21-3;/h5-7,10,13-14H,4,8-9,11-12H2,1-3H3;1H. The minimum Gasteiger partial charge on any atom is -0.497 e. The van der Waals surface area contributed by atoms with Gasteiger partial charge in [-0.1, -0.05) is 19.1 Å². The third kappa shape index (κ3) is 5.05. The van der Waals surface area contributed by atoms with Gasteiger partial charge in [0.2, 0.25) is 5.92 Å². The average Bonchev–Trinajstić information content (AvgIpc) is 2.83. The molecule has 0 N–H and O–H groups in total. The number of rotatable bonds is 6. The molecule has 2 rings (SSSR count). The summed E-state index contributed by atoms with van der Waals surface area (Å²) in [6.45, 7) is 5.82. The normalized spacial score (nSPS) is 21.5. The predicted octanol–water partition coefficient (Wildman–Crippen LogP) is 5.13. The van der Waals surface area contributed by atoms with Crippen molar-refractivity contribution in [1.29, 1.82) is 0 Å². The van der Waals surface area contributed by atoms with Gasteiger partial charge in [-0.05, 0) is 43.5 Å². The zero-order valence-electron chi connectivity index (χ0n) is 13.5. The Hall–Kier alpha value is -0.430. The molecular formula is C17H26F2INO. The van der Waals surface area contributed by atoms with E-state index in [2.05, 4.69) is 24.8 Å². The van der Waals surface area contributed by atoms with E-state index in [9.17, 15) is 8.78 Å². The summed E-state index contributed by atoms with van der Waals surface area (Å²) in [7, 11) is 1.65. The van der Waals surface area contributed by atoms with Crippen molar-refractivity contribution in [1.82, 2.24) is 4.90 Å². The second-order valence-electron chi connectivity index (χ2n) is 6.00. The monoisotopic (exact) mass is 425 g/mol. The molecule has 0 radical (unpaired) electrons. The average molecular weight is 425 g/mol. The first-order chi connectivity index (χ1) is 9.95. The molecule has 0 aliphatic heterocycles. The number of halogens is 3. The summed E-state index contributed by atoms with van der Waals surface area (Å²) in [5, 5.41) is 0. The van der Waals surface area contributed by atoms with E-state index in [1.54, 1.807) is 7.11 Å². The van der Waals surface area contributed by atoms with Crippen LogP contribution in [0.1, 0.15) is 44.7 Å². The lowest BCUT2D eigenvalue weighted by Crippen LogP contribution is -2.31. The molecule has 5 heteroatoms. The molecule has 0 saturated heterocycles. The molecular weight excluding hydrogens is 399 g/mol. The van der Waals surface area contributed by atoms with Crippen LogP contribution in [0.3, 0.4) is 0 Å². The van der Waals surface area contributed by atoms with Crippen LogP contribution in [-0.2, 0) is 0 Å². The van der Waals surface area contributed by atoms with Crippen LogP contribution in [0.15, 0.2) is 24.3 Å². The van der Waals surface area contributed by atoms with Gasteiger partial charge < -0.3 is 4.74 Å². The van der Waals surface area contributed by atoms with Crippen molar-refractivity contribution in [2.75, 3.05) is 20.2 Å². The summed E-state index contributed by atoms with van der Waals surface area (Å²) in [6, 6.07) is 8.20. The van der Waals surface area contributed by atoms with Gasteiger partial charge >= 0.3 is 0 Å². The molecule has 126 valence electrons. The third-order valence-corrected chi connectivity index (χ3v) is 4.53.